The van der Waals surface area contributed by atoms with Gasteiger partial charge in [0.15, 0.2) is 0 Å². The van der Waals surface area contributed by atoms with Crippen LogP contribution in [0, 0.1) is 0 Å². The predicted octanol–water partition coefficient (Wildman–Crippen LogP) is 2.70. The minimum atomic E-state index is -0.500. The van der Waals surface area contributed by atoms with Gasteiger partial charge < -0.3 is 4.74 Å². The van der Waals surface area contributed by atoms with Crippen molar-refractivity contribution < 1.29 is 14.3 Å². The fourth-order valence-corrected chi connectivity index (χ4v) is 2.07. The van der Waals surface area contributed by atoms with E-state index < -0.39 is 5.60 Å². The van der Waals surface area contributed by atoms with E-state index in [1.807, 2.05) is 20.8 Å². The molecular formula is C11H18BrNO3. The van der Waals surface area contributed by atoms with Crippen LogP contribution in [0.1, 0.15) is 40.0 Å². The number of ether oxygens (including phenoxy) is 1. The molecule has 1 rings (SSSR count). The lowest BCUT2D eigenvalue weighted by atomic mass is 10.2. The molecule has 0 bridgehead atoms. The number of hydrogen-bond acceptors (Lipinski definition) is 3. The van der Waals surface area contributed by atoms with Gasteiger partial charge in [0, 0.05) is 19.4 Å². The van der Waals surface area contributed by atoms with Crippen LogP contribution in [0.15, 0.2) is 0 Å². The molecule has 1 aliphatic heterocycles. The maximum atomic E-state index is 11.8. The molecule has 92 valence electrons. The molecule has 16 heavy (non-hydrogen) atoms. The fraction of sp³-hybridized carbons (Fsp3) is 0.818. The number of alkyl halides is 1. The molecule has 1 atom stereocenters. The Bertz CT molecular complexity index is 285. The first kappa shape index (κ1) is 13.5. The summed E-state index contributed by atoms with van der Waals surface area (Å²) < 4.78 is 5.28. The molecule has 0 aromatic rings. The van der Waals surface area contributed by atoms with Crippen molar-refractivity contribution in [3.8, 4) is 0 Å². The standard InChI is InChI=1S/C11H18BrNO3/c1-11(2,3)16-10(15)13-7-6-8(14)4-5-9(13)12/h9H,4-7H2,1-3H3. The van der Waals surface area contributed by atoms with E-state index in [4.69, 9.17) is 4.74 Å². The van der Waals surface area contributed by atoms with Crippen LogP contribution in [0.3, 0.4) is 0 Å². The molecule has 1 amide bonds. The molecular weight excluding hydrogens is 274 g/mol. The number of Topliss-reactive ketones (excluding diaryl/α,β-unsaturated/α-hetero) is 1. The van der Waals surface area contributed by atoms with Gasteiger partial charge in [0.2, 0.25) is 0 Å². The second kappa shape index (κ2) is 5.17. The van der Waals surface area contributed by atoms with Gasteiger partial charge in [-0.15, -0.1) is 0 Å². The predicted molar refractivity (Wildman–Crippen MR) is 64.5 cm³/mol. The van der Waals surface area contributed by atoms with Gasteiger partial charge in [-0.3, -0.25) is 9.69 Å². The molecule has 1 unspecified atom stereocenters. The average molecular weight is 292 g/mol. The van der Waals surface area contributed by atoms with Crippen molar-refractivity contribution in [2.75, 3.05) is 6.54 Å². The van der Waals surface area contributed by atoms with Crippen LogP contribution in [0.4, 0.5) is 4.79 Å². The monoisotopic (exact) mass is 291 g/mol. The average Bonchev–Trinajstić information content (AvgIpc) is 2.26. The van der Waals surface area contributed by atoms with Crippen LogP contribution in [-0.4, -0.2) is 33.9 Å². The zero-order chi connectivity index (χ0) is 12.3. The van der Waals surface area contributed by atoms with Crippen LogP contribution < -0.4 is 0 Å². The first-order valence-corrected chi connectivity index (χ1v) is 6.36. The third-order valence-electron chi connectivity index (χ3n) is 2.26. The summed E-state index contributed by atoms with van der Waals surface area (Å²) in [6.45, 7) is 5.93. The van der Waals surface area contributed by atoms with E-state index in [2.05, 4.69) is 15.9 Å². The highest BCUT2D eigenvalue weighted by molar-refractivity contribution is 9.09. The molecule has 4 nitrogen and oxygen atoms in total. The van der Waals surface area contributed by atoms with Gasteiger partial charge in [-0.25, -0.2) is 4.79 Å². The molecule has 0 aromatic heterocycles. The largest absolute Gasteiger partial charge is 0.444 e. The second-order valence-corrected chi connectivity index (χ2v) is 5.99. The Kier molecular flexibility index (Phi) is 4.35. The molecule has 1 saturated heterocycles. The molecule has 5 heteroatoms. The number of carbonyl (C=O) groups is 2. The Morgan fingerprint density at radius 1 is 1.44 bits per heavy atom. The highest BCUT2D eigenvalue weighted by Crippen LogP contribution is 2.22. The normalized spacial score (nSPS) is 22.9. The maximum absolute atomic E-state index is 11.8. The van der Waals surface area contributed by atoms with Crippen molar-refractivity contribution >= 4 is 27.8 Å². The van der Waals surface area contributed by atoms with Crippen LogP contribution >= 0.6 is 15.9 Å². The van der Waals surface area contributed by atoms with Crippen molar-refractivity contribution in [1.82, 2.24) is 4.90 Å². The third kappa shape index (κ3) is 4.12. The molecule has 1 aliphatic rings. The van der Waals surface area contributed by atoms with Crippen molar-refractivity contribution in [2.24, 2.45) is 0 Å². The van der Waals surface area contributed by atoms with E-state index in [0.717, 1.165) is 0 Å². The van der Waals surface area contributed by atoms with E-state index in [1.54, 1.807) is 4.90 Å². The summed E-state index contributed by atoms with van der Waals surface area (Å²) in [7, 11) is 0. The molecule has 0 aliphatic carbocycles. The topological polar surface area (TPSA) is 46.6 Å². The van der Waals surface area contributed by atoms with Crippen LogP contribution in [0.5, 0.6) is 0 Å². The summed E-state index contributed by atoms with van der Waals surface area (Å²) in [5, 5.41) is 0. The van der Waals surface area contributed by atoms with Gasteiger partial charge in [-0.2, -0.15) is 0 Å². The molecule has 0 saturated carbocycles. The quantitative estimate of drug-likeness (QED) is 0.509. The van der Waals surface area contributed by atoms with Crippen molar-refractivity contribution in [2.45, 2.75) is 50.6 Å². The highest BCUT2D eigenvalue weighted by atomic mass is 79.9. The molecule has 0 spiro atoms. The van der Waals surface area contributed by atoms with Gasteiger partial charge in [-0.05, 0) is 27.2 Å². The number of amides is 1. The minimum absolute atomic E-state index is 0.103. The first-order chi connectivity index (χ1) is 7.29. The highest BCUT2D eigenvalue weighted by Gasteiger charge is 2.29. The SMILES string of the molecule is CC(C)(C)OC(=O)N1CCC(=O)CCC1Br. The van der Waals surface area contributed by atoms with Gasteiger partial charge in [0.25, 0.3) is 0 Å². The number of ketones is 1. The second-order valence-electron chi connectivity index (χ2n) is 4.94. The molecule has 0 N–H and O–H groups in total. The van der Waals surface area contributed by atoms with Gasteiger partial charge in [-0.1, -0.05) is 15.9 Å². The number of hydrogen-bond donors (Lipinski definition) is 0. The van der Waals surface area contributed by atoms with E-state index in [9.17, 15) is 9.59 Å². The fourth-order valence-electron chi connectivity index (χ4n) is 1.47. The molecule has 0 aromatic carbocycles. The van der Waals surface area contributed by atoms with Crippen molar-refractivity contribution in [3.05, 3.63) is 0 Å². The third-order valence-corrected chi connectivity index (χ3v) is 3.21. The number of halogens is 1. The van der Waals surface area contributed by atoms with E-state index >= 15 is 0 Å². The Labute approximate surface area is 104 Å². The number of nitrogens with zero attached hydrogens (tertiary/aromatic N) is 1. The lowest BCUT2D eigenvalue weighted by Crippen LogP contribution is -2.40. The molecule has 0 radical (unpaired) electrons. The Hall–Kier alpha value is -0.580. The van der Waals surface area contributed by atoms with Crippen LogP contribution in [0.25, 0.3) is 0 Å². The van der Waals surface area contributed by atoms with Crippen LogP contribution in [-0.2, 0) is 9.53 Å². The number of rotatable bonds is 0. The summed E-state index contributed by atoms with van der Waals surface area (Å²) in [5.74, 6) is 0.204. The molecule has 1 fully saturated rings. The summed E-state index contributed by atoms with van der Waals surface area (Å²) >= 11 is 3.41. The smallest absolute Gasteiger partial charge is 0.411 e. The molecule has 1 heterocycles. The summed E-state index contributed by atoms with van der Waals surface area (Å²) in [4.78, 5) is 24.6. The van der Waals surface area contributed by atoms with E-state index in [-0.39, 0.29) is 16.8 Å². The first-order valence-electron chi connectivity index (χ1n) is 5.45. The number of carbonyl (C=O) groups excluding carboxylic acids is 2. The summed E-state index contributed by atoms with van der Waals surface area (Å²) in [6.07, 6.45) is 1.23. The van der Waals surface area contributed by atoms with Gasteiger partial charge >= 0.3 is 6.09 Å². The Morgan fingerprint density at radius 3 is 2.62 bits per heavy atom. The van der Waals surface area contributed by atoms with Crippen LogP contribution in [0.2, 0.25) is 0 Å². The zero-order valence-electron chi connectivity index (χ0n) is 9.96. The van der Waals surface area contributed by atoms with E-state index in [0.29, 0.717) is 25.8 Å². The Balaban J connectivity index is 2.63. The minimum Gasteiger partial charge on any atom is -0.444 e. The lowest BCUT2D eigenvalue weighted by molar-refractivity contribution is -0.118. The van der Waals surface area contributed by atoms with Crippen molar-refractivity contribution in [1.29, 1.82) is 0 Å². The summed E-state index contributed by atoms with van der Waals surface area (Å²) in [6, 6.07) is 0. The maximum Gasteiger partial charge on any atom is 0.411 e. The van der Waals surface area contributed by atoms with Crippen molar-refractivity contribution in [3.63, 3.8) is 0 Å². The zero-order valence-corrected chi connectivity index (χ0v) is 11.5. The number of likely N-dealkylation sites (tertiary alicyclic amines) is 1. The van der Waals surface area contributed by atoms with Gasteiger partial charge in [0.1, 0.15) is 11.4 Å². The summed E-state index contributed by atoms with van der Waals surface area (Å²) in [5.41, 5.74) is -0.500. The van der Waals surface area contributed by atoms with Gasteiger partial charge in [0.05, 0.1) is 4.95 Å². The van der Waals surface area contributed by atoms with E-state index in [1.165, 1.54) is 0 Å². The lowest BCUT2D eigenvalue weighted by Gasteiger charge is -2.29. The Morgan fingerprint density at radius 2 is 2.06 bits per heavy atom.